The molecule has 2 rings (SSSR count). The molecule has 156 valence electrons. The highest BCUT2D eigenvalue weighted by atomic mass is 32.2. The van der Waals surface area contributed by atoms with Gasteiger partial charge in [-0.15, -0.1) is 0 Å². The highest BCUT2D eigenvalue weighted by Gasteiger charge is 2.37. The van der Waals surface area contributed by atoms with Gasteiger partial charge in [-0.25, -0.2) is 8.42 Å². The van der Waals surface area contributed by atoms with Gasteiger partial charge in [0, 0.05) is 30.6 Å². The lowest BCUT2D eigenvalue weighted by Crippen LogP contribution is -2.49. The van der Waals surface area contributed by atoms with Gasteiger partial charge in [0.05, 0.1) is 6.61 Å². The standard InChI is InChI=1S/C20H30N2O5S/c1-14-11-22(15(2)13-23)28(25,26)20-9-8-17(7-6-16(3)24)10-18(20)27-19(14)12-21(4)5/h8-10,14-16,19,23-24H,11-13H2,1-5H3/t14-,15+,16-,19-/m1/s1. The van der Waals surface area contributed by atoms with E-state index in [1.165, 1.54) is 10.4 Å². The number of hydrogen-bond donors (Lipinski definition) is 2. The molecule has 0 aliphatic carbocycles. The van der Waals surface area contributed by atoms with Gasteiger partial charge < -0.3 is 19.8 Å². The number of aliphatic hydroxyl groups is 2. The number of ether oxygens (including phenoxy) is 1. The Bertz CT molecular complexity index is 842. The topological polar surface area (TPSA) is 90.3 Å². The van der Waals surface area contributed by atoms with Crippen molar-refractivity contribution < 1.29 is 23.4 Å². The Morgan fingerprint density at radius 2 is 2.04 bits per heavy atom. The lowest BCUT2D eigenvalue weighted by Gasteiger charge is -2.37. The first kappa shape index (κ1) is 22.7. The van der Waals surface area contributed by atoms with Crippen LogP contribution < -0.4 is 4.74 Å². The van der Waals surface area contributed by atoms with Crippen molar-refractivity contribution in [1.82, 2.24) is 9.21 Å². The molecule has 0 bridgehead atoms. The maximum Gasteiger partial charge on any atom is 0.247 e. The van der Waals surface area contributed by atoms with E-state index in [9.17, 15) is 18.6 Å². The molecule has 8 heteroatoms. The Hall–Kier alpha value is -1.63. The van der Waals surface area contributed by atoms with Crippen LogP contribution in [0.15, 0.2) is 23.1 Å². The van der Waals surface area contributed by atoms with E-state index in [0.29, 0.717) is 12.1 Å². The average Bonchev–Trinajstić information content (AvgIpc) is 2.61. The highest BCUT2D eigenvalue weighted by molar-refractivity contribution is 7.89. The van der Waals surface area contributed by atoms with Crippen LogP contribution >= 0.6 is 0 Å². The smallest absolute Gasteiger partial charge is 0.247 e. The highest BCUT2D eigenvalue weighted by Crippen LogP contribution is 2.34. The first-order chi connectivity index (χ1) is 13.1. The van der Waals surface area contributed by atoms with Crippen LogP contribution in [0, 0.1) is 17.8 Å². The number of sulfonamides is 1. The van der Waals surface area contributed by atoms with E-state index < -0.39 is 22.2 Å². The summed E-state index contributed by atoms with van der Waals surface area (Å²) >= 11 is 0. The van der Waals surface area contributed by atoms with Crippen molar-refractivity contribution in [3.8, 4) is 17.6 Å². The Balaban J connectivity index is 2.61. The zero-order valence-corrected chi connectivity index (χ0v) is 17.9. The van der Waals surface area contributed by atoms with Crippen LogP contribution in [-0.4, -0.2) is 79.9 Å². The predicted octanol–water partition coefficient (Wildman–Crippen LogP) is 0.749. The van der Waals surface area contributed by atoms with Crippen LogP contribution in [0.3, 0.4) is 0 Å². The third-order valence-corrected chi connectivity index (χ3v) is 6.66. The second-order valence-corrected chi connectivity index (χ2v) is 9.47. The fraction of sp³-hybridized carbons (Fsp3) is 0.600. The fourth-order valence-corrected chi connectivity index (χ4v) is 4.89. The number of likely N-dealkylation sites (N-methyl/N-ethyl adjacent to an activating group) is 1. The van der Waals surface area contributed by atoms with E-state index in [4.69, 9.17) is 4.74 Å². The summed E-state index contributed by atoms with van der Waals surface area (Å²) in [5, 5.41) is 19.0. The maximum atomic E-state index is 13.3. The molecule has 7 nitrogen and oxygen atoms in total. The van der Waals surface area contributed by atoms with Gasteiger partial charge in [0.15, 0.2) is 0 Å². The quantitative estimate of drug-likeness (QED) is 0.712. The van der Waals surface area contributed by atoms with E-state index in [1.807, 2.05) is 25.9 Å². The Morgan fingerprint density at radius 3 is 2.61 bits per heavy atom. The minimum Gasteiger partial charge on any atom is -0.487 e. The van der Waals surface area contributed by atoms with E-state index in [2.05, 4.69) is 11.8 Å². The van der Waals surface area contributed by atoms with Crippen molar-refractivity contribution in [1.29, 1.82) is 0 Å². The summed E-state index contributed by atoms with van der Waals surface area (Å²) in [6.45, 7) is 5.80. The van der Waals surface area contributed by atoms with Gasteiger partial charge in [0.1, 0.15) is 22.9 Å². The van der Waals surface area contributed by atoms with Gasteiger partial charge >= 0.3 is 0 Å². The minimum atomic E-state index is -3.85. The molecule has 2 N–H and O–H groups in total. The minimum absolute atomic E-state index is 0.0612. The third kappa shape index (κ3) is 5.25. The number of rotatable bonds is 4. The third-order valence-electron chi connectivity index (χ3n) is 4.64. The molecule has 1 aromatic carbocycles. The van der Waals surface area contributed by atoms with Crippen LogP contribution in [0.4, 0.5) is 0 Å². The van der Waals surface area contributed by atoms with Crippen molar-refractivity contribution in [2.75, 3.05) is 33.8 Å². The number of fused-ring (bicyclic) bond motifs is 1. The molecule has 0 aromatic heterocycles. The molecule has 0 saturated carbocycles. The molecular formula is C20H30N2O5S. The van der Waals surface area contributed by atoms with Crippen molar-refractivity contribution in [2.24, 2.45) is 5.92 Å². The Morgan fingerprint density at radius 1 is 1.36 bits per heavy atom. The first-order valence-electron chi connectivity index (χ1n) is 9.34. The first-order valence-corrected chi connectivity index (χ1v) is 10.8. The number of nitrogens with zero attached hydrogens (tertiary/aromatic N) is 2. The molecule has 0 radical (unpaired) electrons. The van der Waals surface area contributed by atoms with Crippen molar-refractivity contribution in [3.05, 3.63) is 23.8 Å². The molecule has 1 aliphatic rings. The molecule has 1 aliphatic heterocycles. The summed E-state index contributed by atoms with van der Waals surface area (Å²) in [6.07, 6.45) is -1.02. The van der Waals surface area contributed by atoms with Crippen LogP contribution in [-0.2, 0) is 10.0 Å². The van der Waals surface area contributed by atoms with Crippen molar-refractivity contribution in [3.63, 3.8) is 0 Å². The lowest BCUT2D eigenvalue weighted by molar-refractivity contribution is 0.0812. The van der Waals surface area contributed by atoms with Gasteiger partial charge in [-0.05, 0) is 46.1 Å². The van der Waals surface area contributed by atoms with Crippen molar-refractivity contribution >= 4 is 10.0 Å². The van der Waals surface area contributed by atoms with Crippen LogP contribution in [0.25, 0.3) is 0 Å². The Labute approximate surface area is 168 Å². The lowest BCUT2D eigenvalue weighted by atomic mass is 10.0. The molecule has 0 spiro atoms. The molecule has 0 saturated heterocycles. The number of hydrogen-bond acceptors (Lipinski definition) is 6. The molecule has 4 atom stereocenters. The monoisotopic (exact) mass is 410 g/mol. The van der Waals surface area contributed by atoms with Crippen LogP contribution in [0.1, 0.15) is 26.3 Å². The fourth-order valence-electron chi connectivity index (χ4n) is 3.07. The number of benzene rings is 1. The SMILES string of the molecule is C[C@@H]1CN([C@@H](C)CO)S(=O)(=O)c2ccc(C#C[C@@H](C)O)cc2O[C@@H]1CN(C)C. The molecule has 28 heavy (non-hydrogen) atoms. The van der Waals surface area contributed by atoms with Crippen LogP contribution in [0.5, 0.6) is 5.75 Å². The molecule has 0 unspecified atom stereocenters. The second kappa shape index (κ2) is 9.25. The maximum absolute atomic E-state index is 13.3. The summed E-state index contributed by atoms with van der Waals surface area (Å²) in [5.41, 5.74) is 0.563. The van der Waals surface area contributed by atoms with Crippen molar-refractivity contribution in [2.45, 2.75) is 43.9 Å². The summed E-state index contributed by atoms with van der Waals surface area (Å²) in [5.74, 6) is 5.64. The van der Waals surface area contributed by atoms with E-state index in [0.717, 1.165) is 0 Å². The summed E-state index contributed by atoms with van der Waals surface area (Å²) < 4.78 is 34.1. The molecule has 1 heterocycles. The molecule has 0 fully saturated rings. The van der Waals surface area contributed by atoms with Gasteiger partial charge in [0.25, 0.3) is 0 Å². The Kier molecular flexibility index (Phi) is 7.48. The van der Waals surface area contributed by atoms with Gasteiger partial charge in [-0.2, -0.15) is 4.31 Å². The summed E-state index contributed by atoms with van der Waals surface area (Å²) in [4.78, 5) is 2.06. The average molecular weight is 411 g/mol. The van der Waals surface area contributed by atoms with Gasteiger partial charge in [-0.1, -0.05) is 18.8 Å². The van der Waals surface area contributed by atoms with Crippen LogP contribution in [0.2, 0.25) is 0 Å². The molecule has 0 amide bonds. The zero-order chi connectivity index (χ0) is 21.1. The van der Waals surface area contributed by atoms with Gasteiger partial charge in [0.2, 0.25) is 10.0 Å². The molecule has 1 aromatic rings. The predicted molar refractivity (Wildman–Crippen MR) is 108 cm³/mol. The normalized spacial score (nSPS) is 24.1. The number of aliphatic hydroxyl groups excluding tert-OH is 2. The van der Waals surface area contributed by atoms with E-state index in [1.54, 1.807) is 26.0 Å². The molecular weight excluding hydrogens is 380 g/mol. The van der Waals surface area contributed by atoms with E-state index >= 15 is 0 Å². The van der Waals surface area contributed by atoms with E-state index in [-0.39, 0.29) is 35.8 Å². The zero-order valence-electron chi connectivity index (χ0n) is 17.1. The van der Waals surface area contributed by atoms with Gasteiger partial charge in [-0.3, -0.25) is 0 Å². The summed E-state index contributed by atoms with van der Waals surface area (Å²) in [6, 6.07) is 4.14. The second-order valence-electron chi connectivity index (χ2n) is 7.61. The largest absolute Gasteiger partial charge is 0.487 e. The summed E-state index contributed by atoms with van der Waals surface area (Å²) in [7, 11) is 0.0217.